The molecule has 2 aliphatic rings. The van der Waals surface area contributed by atoms with Crippen molar-refractivity contribution in [2.75, 3.05) is 6.61 Å². The summed E-state index contributed by atoms with van der Waals surface area (Å²) >= 11 is 0. The molecule has 2 aromatic rings. The summed E-state index contributed by atoms with van der Waals surface area (Å²) in [4.78, 5) is 27.8. The second-order valence-electron chi connectivity index (χ2n) is 8.01. The fraction of sp³-hybridized carbons (Fsp3) is 0.360. The van der Waals surface area contributed by atoms with Gasteiger partial charge in [-0.3, -0.25) is 9.59 Å². The summed E-state index contributed by atoms with van der Waals surface area (Å²) in [6.45, 7) is 2.39. The number of hydrogen-bond acceptors (Lipinski definition) is 4. The van der Waals surface area contributed by atoms with Crippen molar-refractivity contribution in [3.05, 3.63) is 71.0 Å². The quantitative estimate of drug-likeness (QED) is 0.419. The van der Waals surface area contributed by atoms with Crippen molar-refractivity contribution in [2.24, 2.45) is 0 Å². The molecule has 1 aliphatic carbocycles. The molecule has 162 valence electrons. The number of halogens is 1. The zero-order valence-corrected chi connectivity index (χ0v) is 17.5. The minimum atomic E-state index is -0.740. The van der Waals surface area contributed by atoms with Gasteiger partial charge in [-0.2, -0.15) is 0 Å². The van der Waals surface area contributed by atoms with Crippen molar-refractivity contribution in [3.8, 4) is 5.75 Å². The number of benzene rings is 2. The lowest BCUT2D eigenvalue weighted by molar-refractivity contribution is -0.141. The van der Waals surface area contributed by atoms with E-state index in [1.807, 2.05) is 6.92 Å². The maximum absolute atomic E-state index is 13.6. The first kappa shape index (κ1) is 21.1. The van der Waals surface area contributed by atoms with Crippen molar-refractivity contribution in [1.29, 1.82) is 0 Å². The number of likely N-dealkylation sites (tertiary alicyclic amines) is 1. The van der Waals surface area contributed by atoms with Gasteiger partial charge in [-0.05, 0) is 61.7 Å². The van der Waals surface area contributed by atoms with Gasteiger partial charge in [0.1, 0.15) is 17.3 Å². The Balaban J connectivity index is 1.81. The van der Waals surface area contributed by atoms with E-state index in [2.05, 4.69) is 0 Å². The largest absolute Gasteiger partial charge is 0.507 e. The van der Waals surface area contributed by atoms with Crippen molar-refractivity contribution >= 4 is 17.4 Å². The van der Waals surface area contributed by atoms with Crippen LogP contribution < -0.4 is 4.74 Å². The highest BCUT2D eigenvalue weighted by Crippen LogP contribution is 2.43. The lowest BCUT2D eigenvalue weighted by Crippen LogP contribution is -2.40. The van der Waals surface area contributed by atoms with Crippen LogP contribution in [0.25, 0.3) is 5.76 Å². The minimum Gasteiger partial charge on any atom is -0.507 e. The Bertz CT molecular complexity index is 991. The third-order valence-corrected chi connectivity index (χ3v) is 6.07. The molecule has 0 bridgehead atoms. The van der Waals surface area contributed by atoms with Crippen molar-refractivity contribution in [1.82, 2.24) is 4.90 Å². The van der Waals surface area contributed by atoms with Crippen LogP contribution in [0.5, 0.6) is 5.75 Å². The molecule has 1 aliphatic heterocycles. The number of amides is 1. The fourth-order valence-corrected chi connectivity index (χ4v) is 4.59. The standard InChI is InChI=1S/C25H26FNO4/c1-2-31-20-14-10-17(11-15-20)23(28)21-22(16-8-12-18(26)13-9-16)27(25(30)24(21)29)19-6-4-3-5-7-19/h8-15,19,22,28H,2-7H2,1H3/b23-21-. The summed E-state index contributed by atoms with van der Waals surface area (Å²) in [5.74, 6) is -1.28. The molecule has 1 amide bonds. The van der Waals surface area contributed by atoms with Crippen LogP contribution in [0, 0.1) is 5.82 Å². The molecule has 2 aromatic carbocycles. The second kappa shape index (κ2) is 8.92. The highest BCUT2D eigenvalue weighted by molar-refractivity contribution is 6.46. The number of aliphatic hydroxyl groups is 1. The molecule has 2 fully saturated rings. The van der Waals surface area contributed by atoms with Gasteiger partial charge >= 0.3 is 0 Å². The van der Waals surface area contributed by atoms with Crippen LogP contribution in [-0.4, -0.2) is 34.3 Å². The van der Waals surface area contributed by atoms with E-state index in [0.29, 0.717) is 23.5 Å². The number of ketones is 1. The molecule has 31 heavy (non-hydrogen) atoms. The van der Waals surface area contributed by atoms with Gasteiger partial charge in [0, 0.05) is 11.6 Å². The topological polar surface area (TPSA) is 66.8 Å². The number of rotatable bonds is 5. The number of nitrogens with zero attached hydrogens (tertiary/aromatic N) is 1. The first-order valence-electron chi connectivity index (χ1n) is 10.8. The highest BCUT2D eigenvalue weighted by atomic mass is 19.1. The lowest BCUT2D eigenvalue weighted by atomic mass is 9.91. The highest BCUT2D eigenvalue weighted by Gasteiger charge is 2.48. The molecule has 0 aromatic heterocycles. The molecule has 1 unspecified atom stereocenters. The van der Waals surface area contributed by atoms with Crippen LogP contribution in [0.2, 0.25) is 0 Å². The van der Waals surface area contributed by atoms with Crippen LogP contribution in [0.4, 0.5) is 4.39 Å². The Hall–Kier alpha value is -3.15. The van der Waals surface area contributed by atoms with Crippen LogP contribution >= 0.6 is 0 Å². The van der Waals surface area contributed by atoms with E-state index in [1.165, 1.54) is 12.1 Å². The van der Waals surface area contributed by atoms with E-state index in [9.17, 15) is 19.1 Å². The summed E-state index contributed by atoms with van der Waals surface area (Å²) in [6.07, 6.45) is 4.71. The molecule has 0 radical (unpaired) electrons. The smallest absolute Gasteiger partial charge is 0.295 e. The average Bonchev–Trinajstić information content (AvgIpc) is 3.06. The molecule has 4 rings (SSSR count). The average molecular weight is 423 g/mol. The van der Waals surface area contributed by atoms with Gasteiger partial charge < -0.3 is 14.7 Å². The molecule has 1 atom stereocenters. The number of carbonyl (C=O) groups excluding carboxylic acids is 2. The summed E-state index contributed by atoms with van der Waals surface area (Å²) in [7, 11) is 0. The SMILES string of the molecule is CCOc1ccc(/C(O)=C2/C(=O)C(=O)N(C3CCCCC3)C2c2ccc(F)cc2)cc1. The van der Waals surface area contributed by atoms with Gasteiger partial charge in [0.15, 0.2) is 0 Å². The van der Waals surface area contributed by atoms with Crippen molar-refractivity contribution in [3.63, 3.8) is 0 Å². The van der Waals surface area contributed by atoms with E-state index < -0.39 is 23.5 Å². The zero-order chi connectivity index (χ0) is 22.0. The lowest BCUT2D eigenvalue weighted by Gasteiger charge is -2.35. The number of hydrogen-bond donors (Lipinski definition) is 1. The Morgan fingerprint density at radius 2 is 1.68 bits per heavy atom. The summed E-state index contributed by atoms with van der Waals surface area (Å²) < 4.78 is 19.0. The number of carbonyl (C=O) groups is 2. The van der Waals surface area contributed by atoms with Gasteiger partial charge in [0.25, 0.3) is 11.7 Å². The normalized spacial score (nSPS) is 21.5. The Morgan fingerprint density at radius 1 is 1.03 bits per heavy atom. The van der Waals surface area contributed by atoms with Gasteiger partial charge in [-0.1, -0.05) is 31.4 Å². The van der Waals surface area contributed by atoms with Crippen LogP contribution in [0.1, 0.15) is 56.2 Å². The maximum atomic E-state index is 13.6. The molecule has 1 heterocycles. The Morgan fingerprint density at radius 3 is 2.29 bits per heavy atom. The molecule has 1 N–H and O–H groups in total. The Labute approximate surface area is 181 Å². The number of aliphatic hydroxyl groups excluding tert-OH is 1. The molecule has 6 heteroatoms. The molecule has 1 saturated heterocycles. The van der Waals surface area contributed by atoms with Crippen LogP contribution in [0.15, 0.2) is 54.1 Å². The van der Waals surface area contributed by atoms with Crippen LogP contribution in [-0.2, 0) is 9.59 Å². The zero-order valence-electron chi connectivity index (χ0n) is 17.5. The van der Waals surface area contributed by atoms with Crippen LogP contribution in [0.3, 0.4) is 0 Å². The van der Waals surface area contributed by atoms with E-state index in [1.54, 1.807) is 41.3 Å². The number of ether oxygens (including phenoxy) is 1. The second-order valence-corrected chi connectivity index (χ2v) is 8.01. The predicted octanol–water partition coefficient (Wildman–Crippen LogP) is 4.98. The summed E-state index contributed by atoms with van der Waals surface area (Å²) in [5.41, 5.74) is 1.09. The van der Waals surface area contributed by atoms with E-state index in [0.717, 1.165) is 32.1 Å². The monoisotopic (exact) mass is 423 g/mol. The van der Waals surface area contributed by atoms with Gasteiger partial charge in [0.2, 0.25) is 0 Å². The number of Topliss-reactive ketones (excluding diaryl/α,β-unsaturated/α-hetero) is 1. The summed E-state index contributed by atoms with van der Waals surface area (Å²) in [5, 5.41) is 11.1. The molecule has 5 nitrogen and oxygen atoms in total. The molecule has 0 spiro atoms. The summed E-state index contributed by atoms with van der Waals surface area (Å²) in [6, 6.07) is 11.7. The van der Waals surface area contributed by atoms with Crippen molar-refractivity contribution in [2.45, 2.75) is 51.1 Å². The first-order valence-corrected chi connectivity index (χ1v) is 10.8. The minimum absolute atomic E-state index is 0.0475. The maximum Gasteiger partial charge on any atom is 0.295 e. The fourth-order valence-electron chi connectivity index (χ4n) is 4.59. The van der Waals surface area contributed by atoms with E-state index in [-0.39, 0.29) is 17.4 Å². The third-order valence-electron chi connectivity index (χ3n) is 6.07. The predicted molar refractivity (Wildman–Crippen MR) is 115 cm³/mol. The van der Waals surface area contributed by atoms with E-state index in [4.69, 9.17) is 4.74 Å². The van der Waals surface area contributed by atoms with E-state index >= 15 is 0 Å². The van der Waals surface area contributed by atoms with Gasteiger partial charge in [0.05, 0.1) is 18.2 Å². The van der Waals surface area contributed by atoms with Gasteiger partial charge in [-0.15, -0.1) is 0 Å². The first-order chi connectivity index (χ1) is 15.0. The van der Waals surface area contributed by atoms with Gasteiger partial charge in [-0.25, -0.2) is 4.39 Å². The molecule has 1 saturated carbocycles. The molecular weight excluding hydrogens is 397 g/mol. The molecular formula is C25H26FNO4. The Kier molecular flexibility index (Phi) is 6.07. The third kappa shape index (κ3) is 4.07. The van der Waals surface area contributed by atoms with Crippen molar-refractivity contribution < 1.29 is 23.8 Å².